The number of nitro groups is 1. The third kappa shape index (κ3) is 3.34. The Kier molecular flexibility index (Phi) is 3.86. The lowest BCUT2D eigenvalue weighted by molar-refractivity contribution is -0.403. The molecule has 0 saturated carbocycles. The normalized spacial score (nSPS) is 17.7. The average Bonchev–Trinajstić information content (AvgIpc) is 2.68. The number of rotatable bonds is 3. The molecule has 0 amide bonds. The SMILES string of the molecule is O=[N+]([O-])/C=C1\SCCN1Cc1ccc(Cl)nc1. The fourth-order valence-electron chi connectivity index (χ4n) is 1.55. The van der Waals surface area contributed by atoms with Gasteiger partial charge in [-0.1, -0.05) is 17.7 Å². The standard InChI is InChI=1S/C10H10ClN3O2S/c11-9-2-1-8(5-12-9)6-13-3-4-17-10(13)7-14(15)16/h1-2,5,7H,3-4,6H2/b10-7-. The Morgan fingerprint density at radius 2 is 2.47 bits per heavy atom. The van der Waals surface area contributed by atoms with E-state index < -0.39 is 4.92 Å². The molecule has 90 valence electrons. The van der Waals surface area contributed by atoms with Crippen LogP contribution in [0.3, 0.4) is 0 Å². The maximum atomic E-state index is 10.5. The highest BCUT2D eigenvalue weighted by Gasteiger charge is 2.20. The molecule has 0 unspecified atom stereocenters. The molecule has 1 aromatic heterocycles. The first-order valence-corrected chi connectivity index (χ1v) is 6.35. The van der Waals surface area contributed by atoms with Gasteiger partial charge in [0.05, 0.1) is 4.92 Å². The maximum absolute atomic E-state index is 10.5. The van der Waals surface area contributed by atoms with E-state index in [0.717, 1.165) is 24.1 Å². The molecule has 2 rings (SSSR count). The molecule has 0 radical (unpaired) electrons. The molecule has 0 atom stereocenters. The van der Waals surface area contributed by atoms with Crippen LogP contribution in [0.2, 0.25) is 5.15 Å². The quantitative estimate of drug-likeness (QED) is 0.480. The largest absolute Gasteiger partial charge is 0.356 e. The zero-order valence-electron chi connectivity index (χ0n) is 8.88. The lowest BCUT2D eigenvalue weighted by Crippen LogP contribution is -2.18. The average molecular weight is 272 g/mol. The molecule has 2 heterocycles. The van der Waals surface area contributed by atoms with Crippen LogP contribution in [0.15, 0.2) is 29.6 Å². The molecule has 1 fully saturated rings. The van der Waals surface area contributed by atoms with Crippen molar-refractivity contribution in [1.29, 1.82) is 0 Å². The van der Waals surface area contributed by atoms with E-state index in [4.69, 9.17) is 11.6 Å². The van der Waals surface area contributed by atoms with E-state index >= 15 is 0 Å². The predicted molar refractivity (Wildman–Crippen MR) is 67.2 cm³/mol. The molecule has 0 bridgehead atoms. The molecule has 7 heteroatoms. The Bertz CT molecular complexity index is 449. The summed E-state index contributed by atoms with van der Waals surface area (Å²) in [6.45, 7) is 1.43. The van der Waals surface area contributed by atoms with Gasteiger partial charge in [0.15, 0.2) is 0 Å². The van der Waals surface area contributed by atoms with E-state index in [0.29, 0.717) is 16.7 Å². The van der Waals surface area contributed by atoms with E-state index in [9.17, 15) is 10.1 Å². The number of hydrogen-bond donors (Lipinski definition) is 0. The molecule has 5 nitrogen and oxygen atoms in total. The summed E-state index contributed by atoms with van der Waals surface area (Å²) in [6.07, 6.45) is 2.75. The Balaban J connectivity index is 2.07. The molecule has 1 aliphatic heterocycles. The molecular formula is C10H10ClN3O2S. The van der Waals surface area contributed by atoms with Crippen molar-refractivity contribution in [2.45, 2.75) is 6.54 Å². The molecule has 1 aromatic rings. The van der Waals surface area contributed by atoms with E-state index in [-0.39, 0.29) is 0 Å². The second-order valence-corrected chi connectivity index (χ2v) is 5.01. The van der Waals surface area contributed by atoms with Crippen LogP contribution in [0.4, 0.5) is 0 Å². The zero-order valence-corrected chi connectivity index (χ0v) is 10.4. The Morgan fingerprint density at radius 3 is 3.12 bits per heavy atom. The van der Waals surface area contributed by atoms with Crippen molar-refractivity contribution >= 4 is 23.4 Å². The summed E-state index contributed by atoms with van der Waals surface area (Å²) in [6, 6.07) is 3.60. The molecule has 0 aliphatic carbocycles. The summed E-state index contributed by atoms with van der Waals surface area (Å²) in [4.78, 5) is 16.0. The van der Waals surface area contributed by atoms with Crippen molar-refractivity contribution in [2.24, 2.45) is 0 Å². The van der Waals surface area contributed by atoms with Crippen molar-refractivity contribution in [3.8, 4) is 0 Å². The number of hydrogen-bond acceptors (Lipinski definition) is 5. The zero-order chi connectivity index (χ0) is 12.3. The van der Waals surface area contributed by atoms with Crippen molar-refractivity contribution < 1.29 is 4.92 Å². The second kappa shape index (κ2) is 5.37. The predicted octanol–water partition coefficient (Wildman–Crippen LogP) is 2.36. The smallest absolute Gasteiger partial charge is 0.264 e. The van der Waals surface area contributed by atoms with E-state index in [1.54, 1.807) is 12.3 Å². The van der Waals surface area contributed by atoms with E-state index in [1.807, 2.05) is 11.0 Å². The minimum Gasteiger partial charge on any atom is -0.356 e. The molecule has 1 saturated heterocycles. The highest BCUT2D eigenvalue weighted by molar-refractivity contribution is 8.03. The third-order valence-electron chi connectivity index (χ3n) is 2.30. The van der Waals surface area contributed by atoms with Crippen molar-refractivity contribution in [2.75, 3.05) is 12.3 Å². The first kappa shape index (κ1) is 12.2. The molecule has 0 spiro atoms. The van der Waals surface area contributed by atoms with Crippen LogP contribution in [0.25, 0.3) is 0 Å². The van der Waals surface area contributed by atoms with Crippen molar-refractivity contribution in [1.82, 2.24) is 9.88 Å². The number of pyridine rings is 1. The number of thioether (sulfide) groups is 1. The van der Waals surface area contributed by atoms with Gasteiger partial charge in [0.2, 0.25) is 0 Å². The minimum absolute atomic E-state index is 0.416. The maximum Gasteiger partial charge on any atom is 0.264 e. The summed E-state index contributed by atoms with van der Waals surface area (Å²) < 4.78 is 0. The van der Waals surface area contributed by atoms with Gasteiger partial charge in [0.1, 0.15) is 10.2 Å². The number of nitrogens with zero attached hydrogens (tertiary/aromatic N) is 3. The topological polar surface area (TPSA) is 59.3 Å². The number of aromatic nitrogens is 1. The fraction of sp³-hybridized carbons (Fsp3) is 0.300. The Labute approximate surface area is 108 Å². The lowest BCUT2D eigenvalue weighted by Gasteiger charge is -2.16. The van der Waals surface area contributed by atoms with Crippen LogP contribution in [0.1, 0.15) is 5.56 Å². The van der Waals surface area contributed by atoms with Gasteiger partial charge in [-0.05, 0) is 11.6 Å². The van der Waals surface area contributed by atoms with Crippen LogP contribution >= 0.6 is 23.4 Å². The minimum atomic E-state index is -0.416. The third-order valence-corrected chi connectivity index (χ3v) is 3.57. The van der Waals surface area contributed by atoms with Gasteiger partial charge in [-0.15, -0.1) is 11.8 Å². The van der Waals surface area contributed by atoms with Gasteiger partial charge >= 0.3 is 0 Å². The van der Waals surface area contributed by atoms with Crippen LogP contribution in [0, 0.1) is 10.1 Å². The van der Waals surface area contributed by atoms with Gasteiger partial charge in [0.25, 0.3) is 6.20 Å². The highest BCUT2D eigenvalue weighted by Crippen LogP contribution is 2.29. The second-order valence-electron chi connectivity index (χ2n) is 3.51. The van der Waals surface area contributed by atoms with Gasteiger partial charge < -0.3 is 4.90 Å². The van der Waals surface area contributed by atoms with Crippen LogP contribution in [-0.2, 0) is 6.54 Å². The summed E-state index contributed by atoms with van der Waals surface area (Å²) in [5.41, 5.74) is 0.992. The fourth-order valence-corrected chi connectivity index (χ4v) is 2.68. The van der Waals surface area contributed by atoms with Gasteiger partial charge in [-0.25, -0.2) is 4.98 Å². The summed E-state index contributed by atoms with van der Waals surface area (Å²) >= 11 is 7.20. The molecule has 0 N–H and O–H groups in total. The first-order chi connectivity index (χ1) is 8.15. The summed E-state index contributed by atoms with van der Waals surface area (Å²) in [7, 11) is 0. The monoisotopic (exact) mass is 271 g/mol. The van der Waals surface area contributed by atoms with Crippen molar-refractivity contribution in [3.05, 3.63) is 50.4 Å². The first-order valence-electron chi connectivity index (χ1n) is 4.98. The van der Waals surface area contributed by atoms with Gasteiger partial charge in [-0.3, -0.25) is 10.1 Å². The Hall–Kier alpha value is -1.27. The molecule has 1 aliphatic rings. The van der Waals surface area contributed by atoms with E-state index in [1.165, 1.54) is 11.8 Å². The van der Waals surface area contributed by atoms with Gasteiger partial charge in [-0.2, -0.15) is 0 Å². The van der Waals surface area contributed by atoms with Crippen LogP contribution in [0.5, 0.6) is 0 Å². The highest BCUT2D eigenvalue weighted by atomic mass is 35.5. The van der Waals surface area contributed by atoms with Gasteiger partial charge in [0, 0.05) is 25.0 Å². The van der Waals surface area contributed by atoms with Crippen molar-refractivity contribution in [3.63, 3.8) is 0 Å². The Morgan fingerprint density at radius 1 is 1.65 bits per heavy atom. The summed E-state index contributed by atoms with van der Waals surface area (Å²) in [5, 5.41) is 11.6. The summed E-state index contributed by atoms with van der Waals surface area (Å²) in [5.74, 6) is 0.876. The van der Waals surface area contributed by atoms with Crippen LogP contribution < -0.4 is 0 Å². The van der Waals surface area contributed by atoms with E-state index in [2.05, 4.69) is 4.98 Å². The molecule has 0 aromatic carbocycles. The lowest BCUT2D eigenvalue weighted by atomic mass is 10.3. The number of halogens is 1. The molecular weight excluding hydrogens is 262 g/mol. The van der Waals surface area contributed by atoms with Crippen LogP contribution in [-0.4, -0.2) is 27.1 Å². The molecule has 17 heavy (non-hydrogen) atoms.